The molecule has 0 saturated carbocycles. The lowest BCUT2D eigenvalue weighted by Crippen LogP contribution is -2.24. The monoisotopic (exact) mass is 329 g/mol. The molecule has 1 N–H and O–H groups in total. The zero-order valence-electron chi connectivity index (χ0n) is 11.7. The van der Waals surface area contributed by atoms with Gasteiger partial charge in [0, 0.05) is 21.2 Å². The van der Waals surface area contributed by atoms with Gasteiger partial charge in [0.05, 0.1) is 6.04 Å². The third kappa shape index (κ3) is 3.20. The van der Waals surface area contributed by atoms with E-state index >= 15 is 0 Å². The lowest BCUT2D eigenvalue weighted by Gasteiger charge is -2.22. The number of rotatable bonds is 4. The standard InChI is InChI=1S/C16H15Cl2F2N/c1-3-21-16(13-11(17)5-4-6-12(13)18)10-8-7-9(2)14(19)15(10)20/h4-8,16,21H,3H2,1-2H3. The molecule has 1 atom stereocenters. The summed E-state index contributed by atoms with van der Waals surface area (Å²) >= 11 is 12.4. The molecule has 0 radical (unpaired) electrons. The van der Waals surface area contributed by atoms with Crippen LogP contribution in [0.25, 0.3) is 0 Å². The normalized spacial score (nSPS) is 12.5. The minimum absolute atomic E-state index is 0.190. The molecular formula is C16H15Cl2F2N. The second-order valence-electron chi connectivity index (χ2n) is 4.73. The molecule has 21 heavy (non-hydrogen) atoms. The van der Waals surface area contributed by atoms with E-state index in [4.69, 9.17) is 23.2 Å². The van der Waals surface area contributed by atoms with Crippen molar-refractivity contribution in [1.82, 2.24) is 5.32 Å². The van der Waals surface area contributed by atoms with Gasteiger partial charge in [0.25, 0.3) is 0 Å². The summed E-state index contributed by atoms with van der Waals surface area (Å²) in [5.41, 5.74) is 0.997. The number of benzene rings is 2. The van der Waals surface area contributed by atoms with Crippen LogP contribution in [0.1, 0.15) is 29.7 Å². The Hall–Kier alpha value is -1.16. The van der Waals surface area contributed by atoms with Crippen LogP contribution in [-0.4, -0.2) is 6.54 Å². The summed E-state index contributed by atoms with van der Waals surface area (Å²) in [6.07, 6.45) is 0. The van der Waals surface area contributed by atoms with Crippen molar-refractivity contribution >= 4 is 23.2 Å². The van der Waals surface area contributed by atoms with Crippen molar-refractivity contribution < 1.29 is 8.78 Å². The van der Waals surface area contributed by atoms with Gasteiger partial charge in [-0.05, 0) is 31.2 Å². The number of halogens is 4. The van der Waals surface area contributed by atoms with Crippen LogP contribution in [-0.2, 0) is 0 Å². The number of hydrogen-bond acceptors (Lipinski definition) is 1. The second kappa shape index (κ2) is 6.73. The van der Waals surface area contributed by atoms with Gasteiger partial charge in [-0.1, -0.05) is 48.3 Å². The largest absolute Gasteiger partial charge is 0.306 e. The first kappa shape index (κ1) is 16.2. The van der Waals surface area contributed by atoms with Gasteiger partial charge in [-0.3, -0.25) is 0 Å². The summed E-state index contributed by atoms with van der Waals surface area (Å²) in [4.78, 5) is 0. The Morgan fingerprint density at radius 1 is 1.05 bits per heavy atom. The minimum Gasteiger partial charge on any atom is -0.306 e. The Bertz CT molecular complexity index is 639. The van der Waals surface area contributed by atoms with Crippen molar-refractivity contribution in [2.24, 2.45) is 0 Å². The summed E-state index contributed by atoms with van der Waals surface area (Å²) < 4.78 is 28.1. The smallest absolute Gasteiger partial charge is 0.164 e. The van der Waals surface area contributed by atoms with Crippen molar-refractivity contribution in [3.05, 3.63) is 68.7 Å². The van der Waals surface area contributed by atoms with Crippen molar-refractivity contribution in [3.63, 3.8) is 0 Å². The van der Waals surface area contributed by atoms with Crippen LogP contribution >= 0.6 is 23.2 Å². The van der Waals surface area contributed by atoms with E-state index in [9.17, 15) is 8.78 Å². The van der Waals surface area contributed by atoms with Gasteiger partial charge < -0.3 is 5.32 Å². The van der Waals surface area contributed by atoms with Gasteiger partial charge in [-0.25, -0.2) is 8.78 Å². The van der Waals surface area contributed by atoms with Crippen LogP contribution in [0.5, 0.6) is 0 Å². The Morgan fingerprint density at radius 3 is 2.24 bits per heavy atom. The quantitative estimate of drug-likeness (QED) is 0.804. The molecule has 112 valence electrons. The number of nitrogens with one attached hydrogen (secondary N) is 1. The maximum absolute atomic E-state index is 14.3. The lowest BCUT2D eigenvalue weighted by atomic mass is 9.96. The third-order valence-corrected chi connectivity index (χ3v) is 3.97. The minimum atomic E-state index is -0.878. The predicted molar refractivity (Wildman–Crippen MR) is 83.1 cm³/mol. The highest BCUT2D eigenvalue weighted by molar-refractivity contribution is 6.36. The fourth-order valence-electron chi connectivity index (χ4n) is 2.24. The number of aryl methyl sites for hydroxylation is 1. The average molecular weight is 330 g/mol. The van der Waals surface area contributed by atoms with Crippen LogP contribution < -0.4 is 5.32 Å². The zero-order valence-corrected chi connectivity index (χ0v) is 13.2. The van der Waals surface area contributed by atoms with Crippen molar-refractivity contribution in [2.75, 3.05) is 6.54 Å². The maximum atomic E-state index is 14.3. The van der Waals surface area contributed by atoms with Gasteiger partial charge in [-0.15, -0.1) is 0 Å². The summed E-state index contributed by atoms with van der Waals surface area (Å²) in [5, 5.41) is 3.93. The molecule has 0 spiro atoms. The predicted octanol–water partition coefficient (Wildman–Crippen LogP) is 5.28. The molecule has 0 heterocycles. The van der Waals surface area contributed by atoms with Crippen molar-refractivity contribution in [1.29, 1.82) is 0 Å². The van der Waals surface area contributed by atoms with E-state index in [1.807, 2.05) is 6.92 Å². The molecule has 0 aliphatic rings. The van der Waals surface area contributed by atoms with Gasteiger partial charge in [0.15, 0.2) is 11.6 Å². The van der Waals surface area contributed by atoms with Crippen LogP contribution in [0.2, 0.25) is 10.0 Å². The molecule has 1 nitrogen and oxygen atoms in total. The first-order chi connectivity index (χ1) is 9.97. The Kier molecular flexibility index (Phi) is 5.20. The molecule has 0 bridgehead atoms. The summed E-state index contributed by atoms with van der Waals surface area (Å²) in [6, 6.07) is 7.56. The van der Waals surface area contributed by atoms with E-state index in [-0.39, 0.29) is 11.1 Å². The highest BCUT2D eigenvalue weighted by Gasteiger charge is 2.24. The van der Waals surface area contributed by atoms with E-state index in [0.717, 1.165) is 0 Å². The van der Waals surface area contributed by atoms with Gasteiger partial charge >= 0.3 is 0 Å². The molecule has 0 saturated heterocycles. The van der Waals surface area contributed by atoms with Crippen molar-refractivity contribution in [2.45, 2.75) is 19.9 Å². The molecule has 2 rings (SSSR count). The maximum Gasteiger partial charge on any atom is 0.164 e. The highest BCUT2D eigenvalue weighted by Crippen LogP contribution is 2.35. The molecule has 0 aliphatic heterocycles. The van der Waals surface area contributed by atoms with E-state index < -0.39 is 17.7 Å². The molecule has 0 fully saturated rings. The molecule has 1 unspecified atom stereocenters. The summed E-state index contributed by atoms with van der Waals surface area (Å²) in [6.45, 7) is 3.95. The summed E-state index contributed by atoms with van der Waals surface area (Å²) in [7, 11) is 0. The molecule has 0 aromatic heterocycles. The Labute approximate surface area is 132 Å². The van der Waals surface area contributed by atoms with E-state index in [0.29, 0.717) is 22.2 Å². The molecule has 2 aromatic rings. The fraction of sp³-hybridized carbons (Fsp3) is 0.250. The third-order valence-electron chi connectivity index (χ3n) is 3.31. The fourth-order valence-corrected chi connectivity index (χ4v) is 2.86. The van der Waals surface area contributed by atoms with Crippen LogP contribution in [0, 0.1) is 18.6 Å². The second-order valence-corrected chi connectivity index (χ2v) is 5.54. The molecule has 0 aliphatic carbocycles. The first-order valence-electron chi connectivity index (χ1n) is 6.59. The first-order valence-corrected chi connectivity index (χ1v) is 7.34. The van der Waals surface area contributed by atoms with E-state index in [2.05, 4.69) is 5.32 Å². The number of hydrogen-bond donors (Lipinski definition) is 1. The Balaban J connectivity index is 2.62. The van der Waals surface area contributed by atoms with Gasteiger partial charge in [-0.2, -0.15) is 0 Å². The van der Waals surface area contributed by atoms with Crippen LogP contribution in [0.4, 0.5) is 8.78 Å². The highest BCUT2D eigenvalue weighted by atomic mass is 35.5. The Morgan fingerprint density at radius 2 is 1.67 bits per heavy atom. The van der Waals surface area contributed by atoms with Gasteiger partial charge in [0.2, 0.25) is 0 Å². The average Bonchev–Trinajstić information content (AvgIpc) is 2.44. The molecule has 0 amide bonds. The zero-order chi connectivity index (χ0) is 15.6. The molecule has 2 aromatic carbocycles. The lowest BCUT2D eigenvalue weighted by molar-refractivity contribution is 0.478. The van der Waals surface area contributed by atoms with Crippen LogP contribution in [0.3, 0.4) is 0 Å². The summed E-state index contributed by atoms with van der Waals surface area (Å²) in [5.74, 6) is -1.73. The molecular weight excluding hydrogens is 315 g/mol. The topological polar surface area (TPSA) is 12.0 Å². The van der Waals surface area contributed by atoms with E-state index in [1.54, 1.807) is 30.3 Å². The molecule has 5 heteroatoms. The van der Waals surface area contributed by atoms with Gasteiger partial charge in [0.1, 0.15) is 0 Å². The van der Waals surface area contributed by atoms with E-state index in [1.165, 1.54) is 6.92 Å². The van der Waals surface area contributed by atoms with Crippen LogP contribution in [0.15, 0.2) is 30.3 Å². The van der Waals surface area contributed by atoms with Crippen molar-refractivity contribution in [3.8, 4) is 0 Å². The SMILES string of the molecule is CCNC(c1ccc(C)c(F)c1F)c1c(Cl)cccc1Cl.